The summed E-state index contributed by atoms with van der Waals surface area (Å²) in [6.45, 7) is 4.24. The van der Waals surface area contributed by atoms with Gasteiger partial charge in [0.1, 0.15) is 0 Å². The van der Waals surface area contributed by atoms with Crippen molar-refractivity contribution in [2.75, 3.05) is 6.61 Å². The molecule has 2 nitrogen and oxygen atoms in total. The molecule has 1 aromatic carbocycles. The third-order valence-corrected chi connectivity index (χ3v) is 3.85. The number of aromatic nitrogens is 1. The van der Waals surface area contributed by atoms with Crippen LogP contribution in [0.15, 0.2) is 29.6 Å². The van der Waals surface area contributed by atoms with Gasteiger partial charge < -0.3 is 5.11 Å². The molecule has 17 heavy (non-hydrogen) atoms. The third kappa shape index (κ3) is 3.14. The second-order valence-electron chi connectivity index (χ2n) is 4.38. The van der Waals surface area contributed by atoms with E-state index in [0.29, 0.717) is 0 Å². The SMILES string of the molecule is Cc1ccc(C(CO)Cc2nc(C)cs2)cc1. The van der Waals surface area contributed by atoms with Crippen molar-refractivity contribution in [2.45, 2.75) is 26.2 Å². The molecule has 0 saturated carbocycles. The normalized spacial score (nSPS) is 12.6. The van der Waals surface area contributed by atoms with Crippen LogP contribution in [0.3, 0.4) is 0 Å². The van der Waals surface area contributed by atoms with Crippen LogP contribution in [0.4, 0.5) is 0 Å². The molecule has 0 aliphatic heterocycles. The van der Waals surface area contributed by atoms with Crippen molar-refractivity contribution in [3.63, 3.8) is 0 Å². The van der Waals surface area contributed by atoms with E-state index < -0.39 is 0 Å². The Bertz CT molecular complexity index is 475. The molecule has 1 N–H and O–H groups in total. The summed E-state index contributed by atoms with van der Waals surface area (Å²) in [5.74, 6) is 0.154. The molecule has 1 heterocycles. The van der Waals surface area contributed by atoms with Crippen LogP contribution >= 0.6 is 11.3 Å². The molecule has 0 aliphatic rings. The molecule has 2 rings (SSSR count). The summed E-state index contributed by atoms with van der Waals surface area (Å²) in [6, 6.07) is 8.36. The fourth-order valence-electron chi connectivity index (χ4n) is 1.83. The predicted octanol–water partition coefficient (Wildman–Crippen LogP) is 3.08. The molecule has 0 aliphatic carbocycles. The van der Waals surface area contributed by atoms with E-state index >= 15 is 0 Å². The van der Waals surface area contributed by atoms with E-state index in [-0.39, 0.29) is 12.5 Å². The third-order valence-electron chi connectivity index (χ3n) is 2.86. The first kappa shape index (κ1) is 12.3. The molecular weight excluding hydrogens is 230 g/mol. The fraction of sp³-hybridized carbons (Fsp3) is 0.357. The maximum Gasteiger partial charge on any atom is 0.0935 e. The van der Waals surface area contributed by atoms with Crippen LogP contribution < -0.4 is 0 Å². The predicted molar refractivity (Wildman–Crippen MR) is 71.6 cm³/mol. The number of aliphatic hydroxyl groups excluding tert-OH is 1. The minimum Gasteiger partial charge on any atom is -0.396 e. The van der Waals surface area contributed by atoms with Crippen LogP contribution in [-0.2, 0) is 6.42 Å². The van der Waals surface area contributed by atoms with Crippen molar-refractivity contribution < 1.29 is 5.11 Å². The summed E-state index contributed by atoms with van der Waals surface area (Å²) in [5, 5.41) is 12.6. The Morgan fingerprint density at radius 2 is 1.94 bits per heavy atom. The molecule has 0 spiro atoms. The number of rotatable bonds is 4. The molecule has 1 atom stereocenters. The highest BCUT2D eigenvalue weighted by atomic mass is 32.1. The fourth-order valence-corrected chi connectivity index (χ4v) is 2.69. The summed E-state index contributed by atoms with van der Waals surface area (Å²) >= 11 is 1.67. The molecule has 2 aromatic rings. The number of hydrogen-bond acceptors (Lipinski definition) is 3. The van der Waals surface area contributed by atoms with Gasteiger partial charge in [0.25, 0.3) is 0 Å². The van der Waals surface area contributed by atoms with Gasteiger partial charge in [0.05, 0.1) is 11.6 Å². The lowest BCUT2D eigenvalue weighted by Crippen LogP contribution is -2.07. The lowest BCUT2D eigenvalue weighted by molar-refractivity contribution is 0.264. The average molecular weight is 247 g/mol. The summed E-state index contributed by atoms with van der Waals surface area (Å²) in [7, 11) is 0. The molecule has 0 amide bonds. The average Bonchev–Trinajstić information content (AvgIpc) is 2.73. The van der Waals surface area contributed by atoms with E-state index in [2.05, 4.69) is 41.6 Å². The highest BCUT2D eigenvalue weighted by Gasteiger charge is 2.13. The lowest BCUT2D eigenvalue weighted by atomic mass is 9.96. The Balaban J connectivity index is 2.13. The zero-order chi connectivity index (χ0) is 12.3. The van der Waals surface area contributed by atoms with Crippen LogP contribution in [0.5, 0.6) is 0 Å². The Morgan fingerprint density at radius 1 is 1.24 bits per heavy atom. The second-order valence-corrected chi connectivity index (χ2v) is 5.32. The first-order valence-corrected chi connectivity index (χ1v) is 6.65. The van der Waals surface area contributed by atoms with Crippen molar-refractivity contribution in [1.29, 1.82) is 0 Å². The highest BCUT2D eigenvalue weighted by molar-refractivity contribution is 7.09. The zero-order valence-corrected chi connectivity index (χ0v) is 11.0. The highest BCUT2D eigenvalue weighted by Crippen LogP contribution is 2.22. The minimum atomic E-state index is 0.154. The van der Waals surface area contributed by atoms with Crippen molar-refractivity contribution in [3.8, 4) is 0 Å². The maximum atomic E-state index is 9.49. The van der Waals surface area contributed by atoms with Gasteiger partial charge in [0, 0.05) is 23.4 Å². The number of benzene rings is 1. The van der Waals surface area contributed by atoms with Gasteiger partial charge in [-0.05, 0) is 19.4 Å². The Hall–Kier alpha value is -1.19. The van der Waals surface area contributed by atoms with Crippen molar-refractivity contribution in [2.24, 2.45) is 0 Å². The number of nitrogens with zero attached hydrogens (tertiary/aromatic N) is 1. The van der Waals surface area contributed by atoms with E-state index in [1.54, 1.807) is 11.3 Å². The lowest BCUT2D eigenvalue weighted by Gasteiger charge is -2.13. The second kappa shape index (κ2) is 5.43. The Morgan fingerprint density at radius 3 is 2.47 bits per heavy atom. The quantitative estimate of drug-likeness (QED) is 0.900. The van der Waals surface area contributed by atoms with Gasteiger partial charge in [-0.25, -0.2) is 4.98 Å². The van der Waals surface area contributed by atoms with Crippen LogP contribution in [0.1, 0.15) is 27.7 Å². The maximum absolute atomic E-state index is 9.49. The summed E-state index contributed by atoms with van der Waals surface area (Å²) < 4.78 is 0. The molecule has 0 radical (unpaired) electrons. The van der Waals surface area contributed by atoms with E-state index in [1.165, 1.54) is 11.1 Å². The number of aryl methyl sites for hydroxylation is 2. The van der Waals surface area contributed by atoms with Crippen LogP contribution in [0.25, 0.3) is 0 Å². The number of thiazole rings is 1. The van der Waals surface area contributed by atoms with E-state index in [4.69, 9.17) is 0 Å². The minimum absolute atomic E-state index is 0.154. The molecule has 0 fully saturated rings. The Kier molecular flexibility index (Phi) is 3.92. The van der Waals surface area contributed by atoms with Crippen molar-refractivity contribution in [3.05, 3.63) is 51.5 Å². The smallest absolute Gasteiger partial charge is 0.0935 e. The van der Waals surface area contributed by atoms with Gasteiger partial charge >= 0.3 is 0 Å². The summed E-state index contributed by atoms with van der Waals surface area (Å²) in [4.78, 5) is 4.45. The van der Waals surface area contributed by atoms with Gasteiger partial charge in [-0.1, -0.05) is 29.8 Å². The Labute approximate surface area is 106 Å². The van der Waals surface area contributed by atoms with Gasteiger partial charge in [-0.2, -0.15) is 0 Å². The largest absolute Gasteiger partial charge is 0.396 e. The monoisotopic (exact) mass is 247 g/mol. The standard InChI is InChI=1S/C14H17NOS/c1-10-3-5-12(6-4-10)13(8-16)7-14-15-11(2)9-17-14/h3-6,9,13,16H,7-8H2,1-2H3. The number of aliphatic hydroxyl groups is 1. The molecule has 1 aromatic heterocycles. The van der Waals surface area contributed by atoms with Gasteiger partial charge in [0.15, 0.2) is 0 Å². The van der Waals surface area contributed by atoms with E-state index in [9.17, 15) is 5.11 Å². The molecule has 0 bridgehead atoms. The molecule has 3 heteroatoms. The van der Waals surface area contributed by atoms with Crippen molar-refractivity contribution in [1.82, 2.24) is 4.98 Å². The van der Waals surface area contributed by atoms with Crippen LogP contribution in [0.2, 0.25) is 0 Å². The van der Waals surface area contributed by atoms with Crippen LogP contribution in [0, 0.1) is 13.8 Å². The van der Waals surface area contributed by atoms with E-state index in [0.717, 1.165) is 17.1 Å². The molecular formula is C14H17NOS. The molecule has 1 unspecified atom stereocenters. The van der Waals surface area contributed by atoms with Gasteiger partial charge in [-0.15, -0.1) is 11.3 Å². The molecule has 90 valence electrons. The summed E-state index contributed by atoms with van der Waals surface area (Å²) in [6.07, 6.45) is 0.818. The first-order chi connectivity index (χ1) is 8.19. The van der Waals surface area contributed by atoms with Gasteiger partial charge in [-0.3, -0.25) is 0 Å². The topological polar surface area (TPSA) is 33.1 Å². The van der Waals surface area contributed by atoms with Gasteiger partial charge in [0.2, 0.25) is 0 Å². The molecule has 0 saturated heterocycles. The van der Waals surface area contributed by atoms with Crippen LogP contribution in [-0.4, -0.2) is 16.7 Å². The van der Waals surface area contributed by atoms with Crippen molar-refractivity contribution >= 4 is 11.3 Å². The zero-order valence-electron chi connectivity index (χ0n) is 10.2. The van der Waals surface area contributed by atoms with E-state index in [1.807, 2.05) is 6.92 Å². The first-order valence-electron chi connectivity index (χ1n) is 5.77. The number of hydrogen-bond donors (Lipinski definition) is 1. The summed E-state index contributed by atoms with van der Waals surface area (Å²) in [5.41, 5.74) is 3.49.